The maximum atomic E-state index is 12.4. The van der Waals surface area contributed by atoms with Gasteiger partial charge in [0.2, 0.25) is 0 Å². The van der Waals surface area contributed by atoms with Crippen LogP contribution in [-0.4, -0.2) is 28.3 Å². The molecule has 0 saturated carbocycles. The van der Waals surface area contributed by atoms with Crippen molar-refractivity contribution in [2.75, 3.05) is 6.54 Å². The van der Waals surface area contributed by atoms with E-state index in [0.717, 1.165) is 6.42 Å². The second kappa shape index (κ2) is 6.65. The molecule has 1 aromatic carbocycles. The second-order valence-corrected chi connectivity index (χ2v) is 5.04. The van der Waals surface area contributed by atoms with Crippen molar-refractivity contribution in [2.45, 2.75) is 33.2 Å². The molecule has 0 aliphatic rings. The third kappa shape index (κ3) is 3.32. The smallest absolute Gasteiger partial charge is 0.284 e. The molecule has 0 radical (unpaired) electrons. The summed E-state index contributed by atoms with van der Waals surface area (Å²) in [6, 6.07) is 4.61. The fourth-order valence-electron chi connectivity index (χ4n) is 1.86. The maximum Gasteiger partial charge on any atom is 0.284 e. The maximum absolute atomic E-state index is 12.4. The molecule has 19 heavy (non-hydrogen) atoms. The first-order valence-corrected chi connectivity index (χ1v) is 6.97. The van der Waals surface area contributed by atoms with Crippen LogP contribution in [0.1, 0.15) is 37.6 Å². The summed E-state index contributed by atoms with van der Waals surface area (Å²) < 4.78 is 0.242. The summed E-state index contributed by atoms with van der Waals surface area (Å²) in [4.78, 5) is 24.5. The van der Waals surface area contributed by atoms with Gasteiger partial charge >= 0.3 is 0 Å². The average Bonchev–Trinajstić information content (AvgIpc) is 2.38. The lowest BCUT2D eigenvalue weighted by atomic mass is 10.1. The molecule has 1 aromatic rings. The predicted molar refractivity (Wildman–Crippen MR) is 77.3 cm³/mol. The number of carbonyl (C=O) groups excluding carboxylic acids is 1. The summed E-state index contributed by atoms with van der Waals surface area (Å²) in [6.45, 7) is 6.44. The lowest BCUT2D eigenvalue weighted by Crippen LogP contribution is -2.38. The number of rotatable bonds is 5. The predicted octanol–water partition coefficient (Wildman–Crippen LogP) is 3.62. The third-order valence-corrected chi connectivity index (χ3v) is 3.96. The molecule has 0 aliphatic carbocycles. The summed E-state index contributed by atoms with van der Waals surface area (Å²) >= 11 is 3.16. The van der Waals surface area contributed by atoms with Crippen LogP contribution in [0.5, 0.6) is 0 Å². The van der Waals surface area contributed by atoms with Crippen molar-refractivity contribution in [2.24, 2.45) is 0 Å². The molecular weight excluding hydrogens is 312 g/mol. The van der Waals surface area contributed by atoms with Gasteiger partial charge in [0, 0.05) is 18.7 Å². The fraction of sp³-hybridized carbons (Fsp3) is 0.462. The first kappa shape index (κ1) is 15.6. The highest BCUT2D eigenvalue weighted by molar-refractivity contribution is 9.10. The van der Waals surface area contributed by atoms with Gasteiger partial charge in [-0.1, -0.05) is 13.0 Å². The van der Waals surface area contributed by atoms with E-state index in [2.05, 4.69) is 15.9 Å². The Kier molecular flexibility index (Phi) is 5.47. The minimum Gasteiger partial charge on any atom is -0.336 e. The number of amides is 1. The zero-order chi connectivity index (χ0) is 14.6. The van der Waals surface area contributed by atoms with E-state index in [1.807, 2.05) is 20.8 Å². The molecule has 0 aromatic heterocycles. The minimum atomic E-state index is -0.500. The summed E-state index contributed by atoms with van der Waals surface area (Å²) in [5, 5.41) is 10.9. The van der Waals surface area contributed by atoms with Gasteiger partial charge in [-0.3, -0.25) is 14.9 Å². The summed E-state index contributed by atoms with van der Waals surface area (Å²) in [6.07, 6.45) is 0.839. The molecule has 104 valence electrons. The molecule has 1 atom stereocenters. The molecule has 0 aliphatic heterocycles. The van der Waals surface area contributed by atoms with Crippen LogP contribution in [0.15, 0.2) is 22.7 Å². The van der Waals surface area contributed by atoms with E-state index in [4.69, 9.17) is 0 Å². The first-order valence-electron chi connectivity index (χ1n) is 6.17. The number of hydrogen-bond donors (Lipinski definition) is 0. The normalized spacial score (nSPS) is 12.0. The van der Waals surface area contributed by atoms with Gasteiger partial charge in [0.05, 0.1) is 10.5 Å². The van der Waals surface area contributed by atoms with Gasteiger partial charge in [0.1, 0.15) is 4.47 Å². The monoisotopic (exact) mass is 328 g/mol. The third-order valence-electron chi connectivity index (χ3n) is 3.13. The standard InChI is InChI=1S/C13H17BrN2O3/c1-4-9(3)15(5-2)13(17)10-7-6-8-11(12(10)14)16(18)19/h6-9H,4-5H2,1-3H3. The van der Waals surface area contributed by atoms with Crippen molar-refractivity contribution in [1.29, 1.82) is 0 Å². The van der Waals surface area contributed by atoms with Crippen molar-refractivity contribution < 1.29 is 9.72 Å². The molecule has 5 nitrogen and oxygen atoms in total. The van der Waals surface area contributed by atoms with Crippen LogP contribution in [0.4, 0.5) is 5.69 Å². The largest absolute Gasteiger partial charge is 0.336 e. The van der Waals surface area contributed by atoms with Crippen molar-refractivity contribution in [3.8, 4) is 0 Å². The van der Waals surface area contributed by atoms with Crippen LogP contribution in [-0.2, 0) is 0 Å². The van der Waals surface area contributed by atoms with Crippen LogP contribution >= 0.6 is 15.9 Å². The van der Waals surface area contributed by atoms with E-state index >= 15 is 0 Å². The summed E-state index contributed by atoms with van der Waals surface area (Å²) in [7, 11) is 0. The number of hydrogen-bond acceptors (Lipinski definition) is 3. The Bertz CT molecular complexity index is 491. The molecule has 0 heterocycles. The Hall–Kier alpha value is -1.43. The van der Waals surface area contributed by atoms with E-state index < -0.39 is 4.92 Å². The molecule has 0 saturated heterocycles. The van der Waals surface area contributed by atoms with Gasteiger partial charge in [-0.25, -0.2) is 0 Å². The molecule has 1 amide bonds. The van der Waals surface area contributed by atoms with Gasteiger partial charge in [-0.2, -0.15) is 0 Å². The second-order valence-electron chi connectivity index (χ2n) is 4.24. The lowest BCUT2D eigenvalue weighted by Gasteiger charge is -2.27. The highest BCUT2D eigenvalue weighted by atomic mass is 79.9. The first-order chi connectivity index (χ1) is 8.93. The Morgan fingerprint density at radius 1 is 1.47 bits per heavy atom. The van der Waals surface area contributed by atoms with E-state index in [9.17, 15) is 14.9 Å². The van der Waals surface area contributed by atoms with E-state index in [1.165, 1.54) is 12.1 Å². The number of nitro groups is 1. The van der Waals surface area contributed by atoms with Crippen molar-refractivity contribution in [1.82, 2.24) is 4.90 Å². The number of halogens is 1. The number of benzene rings is 1. The van der Waals surface area contributed by atoms with E-state index in [0.29, 0.717) is 12.1 Å². The van der Waals surface area contributed by atoms with Crippen molar-refractivity contribution in [3.05, 3.63) is 38.3 Å². The van der Waals surface area contributed by atoms with E-state index in [1.54, 1.807) is 11.0 Å². The molecule has 1 rings (SSSR count). The molecule has 0 fully saturated rings. The van der Waals surface area contributed by atoms with Crippen molar-refractivity contribution in [3.63, 3.8) is 0 Å². The fourth-order valence-corrected chi connectivity index (χ4v) is 2.44. The van der Waals surface area contributed by atoms with Crippen LogP contribution in [0.25, 0.3) is 0 Å². The Labute approximate surface area is 120 Å². The van der Waals surface area contributed by atoms with Crippen LogP contribution in [0.3, 0.4) is 0 Å². The Morgan fingerprint density at radius 2 is 2.11 bits per heavy atom. The zero-order valence-corrected chi connectivity index (χ0v) is 12.8. The Morgan fingerprint density at radius 3 is 2.58 bits per heavy atom. The number of carbonyl (C=O) groups is 1. The van der Waals surface area contributed by atoms with Gasteiger partial charge in [0.15, 0.2) is 0 Å². The number of nitrogens with zero attached hydrogens (tertiary/aromatic N) is 2. The molecule has 0 bridgehead atoms. The minimum absolute atomic E-state index is 0.0916. The van der Waals surface area contributed by atoms with Gasteiger partial charge in [-0.15, -0.1) is 0 Å². The Balaban J connectivity index is 3.19. The SMILES string of the molecule is CCC(C)N(CC)C(=O)c1cccc([N+](=O)[O-])c1Br. The van der Waals surface area contributed by atoms with Crippen molar-refractivity contribution >= 4 is 27.5 Å². The van der Waals surface area contributed by atoms with Gasteiger partial charge in [-0.05, 0) is 42.3 Å². The molecular formula is C13H17BrN2O3. The highest BCUT2D eigenvalue weighted by Gasteiger charge is 2.24. The number of nitro benzene ring substituents is 1. The quantitative estimate of drug-likeness (QED) is 0.612. The van der Waals surface area contributed by atoms with Crippen LogP contribution in [0, 0.1) is 10.1 Å². The average molecular weight is 329 g/mol. The lowest BCUT2D eigenvalue weighted by molar-refractivity contribution is -0.385. The summed E-state index contributed by atoms with van der Waals surface area (Å²) in [5.41, 5.74) is 0.238. The van der Waals surface area contributed by atoms with E-state index in [-0.39, 0.29) is 22.1 Å². The zero-order valence-electron chi connectivity index (χ0n) is 11.2. The van der Waals surface area contributed by atoms with Gasteiger partial charge < -0.3 is 4.90 Å². The molecule has 0 N–H and O–H groups in total. The van der Waals surface area contributed by atoms with Crippen LogP contribution in [0.2, 0.25) is 0 Å². The molecule has 1 unspecified atom stereocenters. The molecule has 0 spiro atoms. The van der Waals surface area contributed by atoms with Gasteiger partial charge in [0.25, 0.3) is 11.6 Å². The topological polar surface area (TPSA) is 63.5 Å². The summed E-state index contributed by atoms with van der Waals surface area (Å²) in [5.74, 6) is -0.188. The highest BCUT2D eigenvalue weighted by Crippen LogP contribution is 2.29. The van der Waals surface area contributed by atoms with Crippen LogP contribution < -0.4 is 0 Å². The molecule has 6 heteroatoms.